The third-order valence-corrected chi connectivity index (χ3v) is 3.42. The first-order valence-electron chi connectivity index (χ1n) is 7.27. The zero-order valence-corrected chi connectivity index (χ0v) is 12.7. The quantitative estimate of drug-likeness (QED) is 0.691. The van der Waals surface area contributed by atoms with E-state index < -0.39 is 0 Å². The molecule has 0 unspecified atom stereocenters. The number of nitrogens with one attached hydrogen (secondary N) is 3. The minimum atomic E-state index is -0.320. The van der Waals surface area contributed by atoms with Gasteiger partial charge in [0.15, 0.2) is 0 Å². The number of aromatic nitrogens is 3. The first-order chi connectivity index (χ1) is 11.2. The van der Waals surface area contributed by atoms with Crippen LogP contribution in [-0.4, -0.2) is 21.0 Å². The van der Waals surface area contributed by atoms with E-state index in [-0.39, 0.29) is 6.03 Å². The molecule has 0 aliphatic heterocycles. The number of carbonyl (C=O) groups excluding carboxylic acids is 1. The molecule has 3 rings (SSSR count). The number of amides is 2. The summed E-state index contributed by atoms with van der Waals surface area (Å²) in [5.41, 5.74) is 3.96. The van der Waals surface area contributed by atoms with Crippen LogP contribution >= 0.6 is 0 Å². The molecule has 0 saturated carbocycles. The zero-order chi connectivity index (χ0) is 16.1. The lowest BCUT2D eigenvalue weighted by atomic mass is 10.1. The Morgan fingerprint density at radius 3 is 2.57 bits per heavy atom. The van der Waals surface area contributed by atoms with E-state index in [9.17, 15) is 4.79 Å². The minimum absolute atomic E-state index is 0.320. The molecule has 0 bridgehead atoms. The maximum absolute atomic E-state index is 11.9. The number of pyridine rings is 1. The summed E-state index contributed by atoms with van der Waals surface area (Å²) in [6, 6.07) is 12.7. The highest BCUT2D eigenvalue weighted by atomic mass is 16.2. The van der Waals surface area contributed by atoms with E-state index in [1.807, 2.05) is 37.3 Å². The SMILES string of the molecule is Cc1[nH]cnc1Cc1ccc(NC(=O)Nc2ccccn2)cc1. The van der Waals surface area contributed by atoms with Crippen LogP contribution in [0.3, 0.4) is 0 Å². The Morgan fingerprint density at radius 1 is 1.09 bits per heavy atom. The Morgan fingerprint density at radius 2 is 1.91 bits per heavy atom. The number of hydrogen-bond acceptors (Lipinski definition) is 3. The molecule has 2 amide bonds. The Balaban J connectivity index is 1.59. The Labute approximate surface area is 134 Å². The fourth-order valence-corrected chi connectivity index (χ4v) is 2.18. The molecule has 6 heteroatoms. The van der Waals surface area contributed by atoms with Gasteiger partial charge in [0.2, 0.25) is 0 Å². The number of hydrogen-bond donors (Lipinski definition) is 3. The predicted molar refractivity (Wildman–Crippen MR) is 89.5 cm³/mol. The third-order valence-electron chi connectivity index (χ3n) is 3.42. The molecule has 3 N–H and O–H groups in total. The fourth-order valence-electron chi connectivity index (χ4n) is 2.18. The summed E-state index contributed by atoms with van der Waals surface area (Å²) in [7, 11) is 0. The van der Waals surface area contributed by atoms with Crippen LogP contribution in [-0.2, 0) is 6.42 Å². The molecule has 0 saturated heterocycles. The normalized spacial score (nSPS) is 10.3. The van der Waals surface area contributed by atoms with Gasteiger partial charge >= 0.3 is 6.03 Å². The second kappa shape index (κ2) is 6.74. The molecular weight excluding hydrogens is 290 g/mol. The van der Waals surface area contributed by atoms with Crippen molar-refractivity contribution in [3.63, 3.8) is 0 Å². The molecule has 2 heterocycles. The van der Waals surface area contributed by atoms with Gasteiger partial charge in [-0.1, -0.05) is 18.2 Å². The molecule has 0 fully saturated rings. The number of rotatable bonds is 4. The smallest absolute Gasteiger partial charge is 0.324 e. The van der Waals surface area contributed by atoms with Gasteiger partial charge < -0.3 is 10.3 Å². The van der Waals surface area contributed by atoms with Crippen molar-refractivity contribution < 1.29 is 4.79 Å². The second-order valence-electron chi connectivity index (χ2n) is 5.14. The molecule has 1 aromatic carbocycles. The summed E-state index contributed by atoms with van der Waals surface area (Å²) in [5.74, 6) is 0.510. The maximum Gasteiger partial charge on any atom is 0.324 e. The van der Waals surface area contributed by atoms with Crippen molar-refractivity contribution in [2.45, 2.75) is 13.3 Å². The molecule has 0 spiro atoms. The number of benzene rings is 1. The van der Waals surface area contributed by atoms with Crippen LogP contribution in [0.5, 0.6) is 0 Å². The molecule has 0 aliphatic carbocycles. The monoisotopic (exact) mass is 307 g/mol. The predicted octanol–water partition coefficient (Wildman–Crippen LogP) is 3.35. The van der Waals surface area contributed by atoms with Gasteiger partial charge in [-0.2, -0.15) is 0 Å². The molecular formula is C17H17N5O. The number of anilines is 2. The van der Waals surface area contributed by atoms with Crippen LogP contribution in [0.25, 0.3) is 0 Å². The topological polar surface area (TPSA) is 82.7 Å². The number of imidazole rings is 1. The molecule has 6 nitrogen and oxygen atoms in total. The second-order valence-corrected chi connectivity index (χ2v) is 5.14. The van der Waals surface area contributed by atoms with Crippen molar-refractivity contribution in [3.05, 3.63) is 71.9 Å². The van der Waals surface area contributed by atoms with Crippen LogP contribution < -0.4 is 10.6 Å². The number of H-pyrrole nitrogens is 1. The van der Waals surface area contributed by atoms with Crippen LogP contribution in [0.4, 0.5) is 16.3 Å². The van der Waals surface area contributed by atoms with Crippen molar-refractivity contribution >= 4 is 17.5 Å². The number of aromatic amines is 1. The highest BCUT2D eigenvalue weighted by Gasteiger charge is 2.05. The summed E-state index contributed by atoms with van der Waals surface area (Å²) >= 11 is 0. The number of aryl methyl sites for hydroxylation is 1. The number of nitrogens with zero attached hydrogens (tertiary/aromatic N) is 2. The van der Waals surface area contributed by atoms with E-state index in [2.05, 4.69) is 25.6 Å². The van der Waals surface area contributed by atoms with Crippen LogP contribution in [0.2, 0.25) is 0 Å². The third kappa shape index (κ3) is 3.94. The van der Waals surface area contributed by atoms with E-state index in [1.165, 1.54) is 0 Å². The standard InChI is InChI=1S/C17H17N5O/c1-12-15(20-11-19-12)10-13-5-7-14(8-6-13)21-17(23)22-16-4-2-3-9-18-16/h2-9,11H,10H2,1H3,(H,19,20)(H2,18,21,22,23). The van der Waals surface area contributed by atoms with Gasteiger partial charge in [0, 0.05) is 24.0 Å². The Bertz CT molecular complexity index is 780. The van der Waals surface area contributed by atoms with E-state index in [0.717, 1.165) is 29.1 Å². The number of urea groups is 1. The van der Waals surface area contributed by atoms with E-state index in [1.54, 1.807) is 24.7 Å². The molecule has 0 radical (unpaired) electrons. The summed E-state index contributed by atoms with van der Waals surface area (Å²) in [6.07, 6.45) is 4.08. The minimum Gasteiger partial charge on any atom is -0.348 e. The van der Waals surface area contributed by atoms with E-state index in [4.69, 9.17) is 0 Å². The lowest BCUT2D eigenvalue weighted by Crippen LogP contribution is -2.19. The Kier molecular flexibility index (Phi) is 4.33. The van der Waals surface area contributed by atoms with Crippen LogP contribution in [0, 0.1) is 6.92 Å². The lowest BCUT2D eigenvalue weighted by molar-refractivity contribution is 0.262. The maximum atomic E-state index is 11.9. The summed E-state index contributed by atoms with van der Waals surface area (Å²) in [6.45, 7) is 2.00. The van der Waals surface area contributed by atoms with Gasteiger partial charge in [0.05, 0.1) is 12.0 Å². The van der Waals surface area contributed by atoms with E-state index in [0.29, 0.717) is 5.82 Å². The fraction of sp³-hybridized carbons (Fsp3) is 0.118. The van der Waals surface area contributed by atoms with E-state index >= 15 is 0 Å². The molecule has 0 atom stereocenters. The van der Waals surface area contributed by atoms with Gasteiger partial charge in [0.25, 0.3) is 0 Å². The lowest BCUT2D eigenvalue weighted by Gasteiger charge is -2.07. The van der Waals surface area contributed by atoms with Gasteiger partial charge in [-0.05, 0) is 36.8 Å². The average molecular weight is 307 g/mol. The van der Waals surface area contributed by atoms with Crippen molar-refractivity contribution in [1.82, 2.24) is 15.0 Å². The molecule has 2 aromatic heterocycles. The Hall–Kier alpha value is -3.15. The average Bonchev–Trinajstić information content (AvgIpc) is 2.95. The molecule has 116 valence electrons. The van der Waals surface area contributed by atoms with Gasteiger partial charge in [-0.25, -0.2) is 14.8 Å². The van der Waals surface area contributed by atoms with Gasteiger partial charge in [-0.3, -0.25) is 5.32 Å². The zero-order valence-electron chi connectivity index (χ0n) is 12.7. The first-order valence-corrected chi connectivity index (χ1v) is 7.27. The van der Waals surface area contributed by atoms with Crippen LogP contribution in [0.1, 0.15) is 17.0 Å². The summed E-state index contributed by atoms with van der Waals surface area (Å²) in [5, 5.41) is 5.45. The van der Waals surface area contributed by atoms with Gasteiger partial charge in [0.1, 0.15) is 5.82 Å². The first kappa shape index (κ1) is 14.8. The number of carbonyl (C=O) groups is 1. The molecule has 0 aliphatic rings. The molecule has 23 heavy (non-hydrogen) atoms. The highest BCUT2D eigenvalue weighted by Crippen LogP contribution is 2.14. The van der Waals surface area contributed by atoms with Crippen molar-refractivity contribution in [1.29, 1.82) is 0 Å². The molecule has 3 aromatic rings. The van der Waals surface area contributed by atoms with Crippen molar-refractivity contribution in [2.24, 2.45) is 0 Å². The summed E-state index contributed by atoms with van der Waals surface area (Å²) in [4.78, 5) is 23.3. The van der Waals surface area contributed by atoms with Crippen molar-refractivity contribution in [2.75, 3.05) is 10.6 Å². The largest absolute Gasteiger partial charge is 0.348 e. The highest BCUT2D eigenvalue weighted by molar-refractivity contribution is 5.99. The van der Waals surface area contributed by atoms with Crippen LogP contribution in [0.15, 0.2) is 55.0 Å². The summed E-state index contributed by atoms with van der Waals surface area (Å²) < 4.78 is 0. The van der Waals surface area contributed by atoms with Crippen molar-refractivity contribution in [3.8, 4) is 0 Å². The van der Waals surface area contributed by atoms with Gasteiger partial charge in [-0.15, -0.1) is 0 Å².